The number of hydrogen-bond acceptors (Lipinski definition) is 2. The standard InChI is InChI=1S/C16H16FNO2/c1-2-11-3-6-14(7-4-11)18-10-13-9-12(16(19)20)5-8-15(13)17/h3-9,18H,2,10H2,1H3,(H,19,20). The van der Waals surface area contributed by atoms with E-state index in [4.69, 9.17) is 5.11 Å². The number of carboxylic acids is 1. The molecule has 0 saturated carbocycles. The van der Waals surface area contributed by atoms with Gasteiger partial charge in [0.1, 0.15) is 5.82 Å². The van der Waals surface area contributed by atoms with E-state index in [-0.39, 0.29) is 12.1 Å². The van der Waals surface area contributed by atoms with E-state index in [0.717, 1.165) is 12.1 Å². The zero-order valence-corrected chi connectivity index (χ0v) is 11.2. The van der Waals surface area contributed by atoms with E-state index in [1.807, 2.05) is 24.3 Å². The van der Waals surface area contributed by atoms with E-state index >= 15 is 0 Å². The van der Waals surface area contributed by atoms with E-state index in [1.165, 1.54) is 23.8 Å². The van der Waals surface area contributed by atoms with Crippen LogP contribution in [0.5, 0.6) is 0 Å². The Hall–Kier alpha value is -2.36. The topological polar surface area (TPSA) is 49.3 Å². The average Bonchev–Trinajstić information content (AvgIpc) is 2.46. The molecule has 0 saturated heterocycles. The van der Waals surface area contributed by atoms with Gasteiger partial charge < -0.3 is 10.4 Å². The summed E-state index contributed by atoms with van der Waals surface area (Å²) < 4.78 is 13.6. The minimum absolute atomic E-state index is 0.0875. The van der Waals surface area contributed by atoms with E-state index in [0.29, 0.717) is 5.56 Å². The van der Waals surface area contributed by atoms with Gasteiger partial charge in [-0.15, -0.1) is 0 Å². The first-order valence-corrected chi connectivity index (χ1v) is 6.44. The number of anilines is 1. The molecule has 0 amide bonds. The van der Waals surface area contributed by atoms with Crippen molar-refractivity contribution in [3.05, 3.63) is 65.0 Å². The molecule has 0 aliphatic rings. The van der Waals surface area contributed by atoms with Gasteiger partial charge in [0.2, 0.25) is 0 Å². The Morgan fingerprint density at radius 1 is 1.20 bits per heavy atom. The van der Waals surface area contributed by atoms with Crippen LogP contribution in [0, 0.1) is 5.82 Å². The fraction of sp³-hybridized carbons (Fsp3) is 0.188. The molecule has 4 heteroatoms. The molecule has 0 unspecified atom stereocenters. The molecule has 3 nitrogen and oxygen atoms in total. The molecule has 0 heterocycles. The van der Waals surface area contributed by atoms with Gasteiger partial charge in [-0.05, 0) is 42.3 Å². The van der Waals surface area contributed by atoms with Crippen LogP contribution in [-0.2, 0) is 13.0 Å². The molecule has 2 rings (SSSR count). The van der Waals surface area contributed by atoms with Crippen molar-refractivity contribution in [2.75, 3.05) is 5.32 Å². The minimum Gasteiger partial charge on any atom is -0.478 e. The molecule has 0 spiro atoms. The number of rotatable bonds is 5. The Labute approximate surface area is 117 Å². The predicted octanol–water partition coefficient (Wildman–Crippen LogP) is 3.70. The number of carbonyl (C=O) groups is 1. The molecule has 2 aromatic rings. The number of benzene rings is 2. The summed E-state index contributed by atoms with van der Waals surface area (Å²) in [4.78, 5) is 10.9. The third-order valence-corrected chi connectivity index (χ3v) is 3.14. The Bertz CT molecular complexity index is 608. The minimum atomic E-state index is -1.06. The number of halogens is 1. The van der Waals surface area contributed by atoms with Gasteiger partial charge in [-0.25, -0.2) is 9.18 Å². The van der Waals surface area contributed by atoms with Crippen LogP contribution >= 0.6 is 0 Å². The fourth-order valence-electron chi connectivity index (χ4n) is 1.90. The summed E-state index contributed by atoms with van der Waals surface area (Å²) in [5.74, 6) is -1.47. The van der Waals surface area contributed by atoms with Crippen LogP contribution in [0.3, 0.4) is 0 Å². The molecule has 0 aliphatic heterocycles. The Balaban J connectivity index is 2.09. The summed E-state index contributed by atoms with van der Waals surface area (Å²) in [6, 6.07) is 11.7. The zero-order chi connectivity index (χ0) is 14.5. The van der Waals surface area contributed by atoms with E-state index < -0.39 is 11.8 Å². The van der Waals surface area contributed by atoms with Gasteiger partial charge in [-0.3, -0.25) is 0 Å². The maximum atomic E-state index is 13.6. The first kappa shape index (κ1) is 14.1. The number of aryl methyl sites for hydroxylation is 1. The summed E-state index contributed by atoms with van der Waals surface area (Å²) in [6.45, 7) is 2.33. The van der Waals surface area contributed by atoms with Crippen LogP contribution in [0.2, 0.25) is 0 Å². The van der Waals surface area contributed by atoms with Crippen molar-refractivity contribution in [2.45, 2.75) is 19.9 Å². The molecule has 0 bridgehead atoms. The molecule has 2 aromatic carbocycles. The summed E-state index contributed by atoms with van der Waals surface area (Å²) >= 11 is 0. The SMILES string of the molecule is CCc1ccc(NCc2cc(C(=O)O)ccc2F)cc1. The maximum absolute atomic E-state index is 13.6. The lowest BCUT2D eigenvalue weighted by atomic mass is 10.1. The number of nitrogens with one attached hydrogen (secondary N) is 1. The lowest BCUT2D eigenvalue weighted by Crippen LogP contribution is -2.05. The summed E-state index contributed by atoms with van der Waals surface area (Å²) in [6.07, 6.45) is 0.968. The second-order valence-electron chi connectivity index (χ2n) is 4.52. The first-order valence-electron chi connectivity index (χ1n) is 6.44. The molecule has 0 fully saturated rings. The normalized spacial score (nSPS) is 10.3. The van der Waals surface area contributed by atoms with Gasteiger partial charge >= 0.3 is 5.97 Å². The van der Waals surface area contributed by atoms with Gasteiger partial charge in [0, 0.05) is 17.8 Å². The molecule has 0 aromatic heterocycles. The third-order valence-electron chi connectivity index (χ3n) is 3.14. The summed E-state index contributed by atoms with van der Waals surface area (Å²) in [5, 5.41) is 12.0. The second-order valence-corrected chi connectivity index (χ2v) is 4.52. The highest BCUT2D eigenvalue weighted by Crippen LogP contribution is 2.15. The largest absolute Gasteiger partial charge is 0.478 e. The van der Waals surface area contributed by atoms with Crippen LogP contribution in [0.15, 0.2) is 42.5 Å². The fourth-order valence-corrected chi connectivity index (χ4v) is 1.90. The quantitative estimate of drug-likeness (QED) is 0.873. The van der Waals surface area contributed by atoms with E-state index in [1.54, 1.807) is 0 Å². The molecule has 2 N–H and O–H groups in total. The Kier molecular flexibility index (Phi) is 4.35. The highest BCUT2D eigenvalue weighted by Gasteiger charge is 2.08. The molecule has 0 atom stereocenters. The molecular weight excluding hydrogens is 257 g/mol. The van der Waals surface area contributed by atoms with Gasteiger partial charge in [0.15, 0.2) is 0 Å². The van der Waals surface area contributed by atoms with Crippen molar-refractivity contribution in [1.29, 1.82) is 0 Å². The van der Waals surface area contributed by atoms with Crippen molar-refractivity contribution in [3.8, 4) is 0 Å². The Morgan fingerprint density at radius 3 is 2.50 bits per heavy atom. The van der Waals surface area contributed by atoms with Crippen LogP contribution in [-0.4, -0.2) is 11.1 Å². The maximum Gasteiger partial charge on any atom is 0.335 e. The molecule has 0 radical (unpaired) electrons. The van der Waals surface area contributed by atoms with Crippen molar-refractivity contribution >= 4 is 11.7 Å². The number of hydrogen-bond donors (Lipinski definition) is 2. The van der Waals surface area contributed by atoms with Crippen molar-refractivity contribution < 1.29 is 14.3 Å². The van der Waals surface area contributed by atoms with Crippen LogP contribution in [0.25, 0.3) is 0 Å². The summed E-state index contributed by atoms with van der Waals surface area (Å²) in [5.41, 5.74) is 2.53. The van der Waals surface area contributed by atoms with Crippen LogP contribution in [0.4, 0.5) is 10.1 Å². The monoisotopic (exact) mass is 273 g/mol. The highest BCUT2D eigenvalue weighted by atomic mass is 19.1. The van der Waals surface area contributed by atoms with Gasteiger partial charge in [-0.2, -0.15) is 0 Å². The van der Waals surface area contributed by atoms with Gasteiger partial charge in [-0.1, -0.05) is 19.1 Å². The van der Waals surface area contributed by atoms with Crippen molar-refractivity contribution in [3.63, 3.8) is 0 Å². The molecule has 20 heavy (non-hydrogen) atoms. The van der Waals surface area contributed by atoms with Crippen LogP contribution < -0.4 is 5.32 Å². The molecule has 104 valence electrons. The smallest absolute Gasteiger partial charge is 0.335 e. The highest BCUT2D eigenvalue weighted by molar-refractivity contribution is 5.87. The van der Waals surface area contributed by atoms with E-state index in [2.05, 4.69) is 12.2 Å². The van der Waals surface area contributed by atoms with Crippen molar-refractivity contribution in [1.82, 2.24) is 0 Å². The van der Waals surface area contributed by atoms with Crippen molar-refractivity contribution in [2.24, 2.45) is 0 Å². The predicted molar refractivity (Wildman–Crippen MR) is 76.5 cm³/mol. The Morgan fingerprint density at radius 2 is 1.90 bits per heavy atom. The van der Waals surface area contributed by atoms with Gasteiger partial charge in [0.25, 0.3) is 0 Å². The molecule has 0 aliphatic carbocycles. The molecular formula is C16H16FNO2. The number of carboxylic acid groups (broad SMARTS) is 1. The van der Waals surface area contributed by atoms with E-state index in [9.17, 15) is 9.18 Å². The lowest BCUT2D eigenvalue weighted by Gasteiger charge is -2.09. The summed E-state index contributed by atoms with van der Waals surface area (Å²) in [7, 11) is 0. The van der Waals surface area contributed by atoms with Crippen LogP contribution in [0.1, 0.15) is 28.4 Å². The van der Waals surface area contributed by atoms with Gasteiger partial charge in [0.05, 0.1) is 5.56 Å². The lowest BCUT2D eigenvalue weighted by molar-refractivity contribution is 0.0696. The zero-order valence-electron chi connectivity index (χ0n) is 11.2. The average molecular weight is 273 g/mol. The first-order chi connectivity index (χ1) is 9.60. The second kappa shape index (κ2) is 6.19. The third kappa shape index (κ3) is 3.35. The number of aromatic carboxylic acids is 1.